The van der Waals surface area contributed by atoms with Gasteiger partial charge in [-0.25, -0.2) is 12.7 Å². The molecule has 1 fully saturated rings. The maximum absolute atomic E-state index is 12.3. The van der Waals surface area contributed by atoms with Crippen LogP contribution in [0.1, 0.15) is 31.7 Å². The van der Waals surface area contributed by atoms with Crippen LogP contribution in [0.3, 0.4) is 0 Å². The first-order valence-electron chi connectivity index (χ1n) is 8.17. The molecule has 0 saturated carbocycles. The highest BCUT2D eigenvalue weighted by atomic mass is 32.2. The number of carbonyl (C=O) groups excluding carboxylic acids is 1. The number of rotatable bonds is 7. The van der Waals surface area contributed by atoms with Crippen molar-refractivity contribution in [3.05, 3.63) is 30.1 Å². The fourth-order valence-electron chi connectivity index (χ4n) is 2.74. The van der Waals surface area contributed by atoms with Gasteiger partial charge in [0.15, 0.2) is 0 Å². The Hall–Kier alpha value is -1.47. The van der Waals surface area contributed by atoms with Gasteiger partial charge in [-0.1, -0.05) is 0 Å². The molecule has 0 N–H and O–H groups in total. The molecule has 0 aromatic carbocycles. The van der Waals surface area contributed by atoms with E-state index >= 15 is 0 Å². The number of likely N-dealkylation sites (N-methyl/N-ethyl adjacent to an activating group) is 1. The molecule has 1 saturated heterocycles. The second-order valence-corrected chi connectivity index (χ2v) is 7.84. The van der Waals surface area contributed by atoms with E-state index in [0.717, 1.165) is 24.8 Å². The molecule has 0 atom stereocenters. The fourth-order valence-corrected chi connectivity index (χ4v) is 4.35. The minimum atomic E-state index is -3.15. The van der Waals surface area contributed by atoms with Gasteiger partial charge in [0.2, 0.25) is 15.9 Å². The number of hydrogen-bond acceptors (Lipinski definition) is 4. The lowest BCUT2D eigenvalue weighted by atomic mass is 10.2. The number of sulfonamides is 1. The topological polar surface area (TPSA) is 70.6 Å². The molecule has 1 aromatic heterocycles. The largest absolute Gasteiger partial charge is 0.343 e. The third kappa shape index (κ3) is 5.28. The van der Waals surface area contributed by atoms with Crippen molar-refractivity contribution in [1.29, 1.82) is 0 Å². The van der Waals surface area contributed by atoms with Crippen molar-refractivity contribution in [1.82, 2.24) is 14.2 Å². The Bertz CT molecular complexity index is 604. The van der Waals surface area contributed by atoms with E-state index in [-0.39, 0.29) is 18.1 Å². The Morgan fingerprint density at radius 2 is 2.04 bits per heavy atom. The first-order chi connectivity index (χ1) is 11.0. The van der Waals surface area contributed by atoms with Gasteiger partial charge in [-0.3, -0.25) is 9.78 Å². The van der Waals surface area contributed by atoms with Gasteiger partial charge < -0.3 is 4.90 Å². The lowest BCUT2D eigenvalue weighted by Gasteiger charge is -2.27. The average Bonchev–Trinajstić information content (AvgIpc) is 2.55. The molecular weight excluding hydrogens is 314 g/mol. The summed E-state index contributed by atoms with van der Waals surface area (Å²) in [6.45, 7) is 4.07. The summed E-state index contributed by atoms with van der Waals surface area (Å²) < 4.78 is 25.3. The van der Waals surface area contributed by atoms with Gasteiger partial charge in [-0.05, 0) is 43.9 Å². The zero-order valence-electron chi connectivity index (χ0n) is 13.6. The zero-order chi connectivity index (χ0) is 16.7. The van der Waals surface area contributed by atoms with E-state index in [1.807, 2.05) is 19.1 Å². The molecule has 0 bridgehead atoms. The quantitative estimate of drug-likeness (QED) is 0.750. The Morgan fingerprint density at radius 1 is 1.30 bits per heavy atom. The second kappa shape index (κ2) is 8.40. The molecule has 0 spiro atoms. The van der Waals surface area contributed by atoms with Crippen LogP contribution in [0.5, 0.6) is 0 Å². The highest BCUT2D eigenvalue weighted by Gasteiger charge is 2.26. The fraction of sp³-hybridized carbons (Fsp3) is 0.625. The predicted octanol–water partition coefficient (Wildman–Crippen LogP) is 1.29. The van der Waals surface area contributed by atoms with E-state index in [9.17, 15) is 13.2 Å². The van der Waals surface area contributed by atoms with Crippen LogP contribution in [-0.4, -0.2) is 60.4 Å². The molecule has 0 aliphatic carbocycles. The van der Waals surface area contributed by atoms with Crippen molar-refractivity contribution < 1.29 is 13.2 Å². The van der Waals surface area contributed by atoms with Gasteiger partial charge >= 0.3 is 0 Å². The van der Waals surface area contributed by atoms with Crippen LogP contribution in [0.2, 0.25) is 0 Å². The monoisotopic (exact) mass is 339 g/mol. The van der Waals surface area contributed by atoms with Crippen molar-refractivity contribution in [3.63, 3.8) is 0 Å². The lowest BCUT2D eigenvalue weighted by molar-refractivity contribution is -0.131. The van der Waals surface area contributed by atoms with Gasteiger partial charge in [0.25, 0.3) is 0 Å². The van der Waals surface area contributed by atoms with E-state index in [2.05, 4.69) is 4.98 Å². The summed E-state index contributed by atoms with van der Waals surface area (Å²) in [6, 6.07) is 3.89. The molecule has 2 rings (SSSR count). The molecule has 0 radical (unpaired) electrons. The summed E-state index contributed by atoms with van der Waals surface area (Å²) in [5.74, 6) is 0.225. The van der Waals surface area contributed by atoms with Crippen LogP contribution in [0.25, 0.3) is 0 Å². The number of pyridine rings is 1. The number of nitrogens with zero attached hydrogens (tertiary/aromatic N) is 3. The van der Waals surface area contributed by atoms with E-state index in [1.165, 1.54) is 4.31 Å². The molecule has 2 heterocycles. The van der Waals surface area contributed by atoms with Crippen molar-refractivity contribution in [2.75, 3.05) is 31.9 Å². The standard InChI is InChI=1S/C16H25N3O3S/c1-2-18(12-7-15-5-9-17-10-6-15)16(20)8-13-19-11-3-4-14-23(19,21)22/h5-6,9-10H,2-4,7-8,11-14H2,1H3. The molecule has 7 heteroatoms. The van der Waals surface area contributed by atoms with Crippen LogP contribution in [0.4, 0.5) is 0 Å². The summed E-state index contributed by atoms with van der Waals surface area (Å²) in [7, 11) is -3.15. The number of hydrogen-bond donors (Lipinski definition) is 0. The molecule has 23 heavy (non-hydrogen) atoms. The molecule has 1 aliphatic heterocycles. The van der Waals surface area contributed by atoms with E-state index < -0.39 is 10.0 Å². The maximum Gasteiger partial charge on any atom is 0.223 e. The molecule has 1 amide bonds. The first kappa shape index (κ1) is 17.9. The van der Waals surface area contributed by atoms with Gasteiger partial charge in [-0.15, -0.1) is 0 Å². The Kier molecular flexibility index (Phi) is 6.53. The van der Waals surface area contributed by atoms with Gasteiger partial charge in [0, 0.05) is 45.0 Å². The van der Waals surface area contributed by atoms with Crippen LogP contribution >= 0.6 is 0 Å². The van der Waals surface area contributed by atoms with Crippen LogP contribution in [-0.2, 0) is 21.2 Å². The summed E-state index contributed by atoms with van der Waals surface area (Å²) in [5.41, 5.74) is 1.14. The van der Waals surface area contributed by atoms with Gasteiger partial charge in [-0.2, -0.15) is 0 Å². The van der Waals surface area contributed by atoms with E-state index in [0.29, 0.717) is 26.2 Å². The normalized spacial score (nSPS) is 17.8. The molecule has 128 valence electrons. The average molecular weight is 339 g/mol. The zero-order valence-corrected chi connectivity index (χ0v) is 14.5. The van der Waals surface area contributed by atoms with E-state index in [1.54, 1.807) is 17.3 Å². The van der Waals surface area contributed by atoms with Crippen LogP contribution in [0, 0.1) is 0 Å². The smallest absolute Gasteiger partial charge is 0.223 e. The maximum atomic E-state index is 12.3. The van der Waals surface area contributed by atoms with Crippen molar-refractivity contribution in [2.45, 2.75) is 32.6 Å². The molecule has 1 aromatic rings. The third-order valence-electron chi connectivity index (χ3n) is 4.18. The molecular formula is C16H25N3O3S. The highest BCUT2D eigenvalue weighted by Crippen LogP contribution is 2.14. The third-order valence-corrected chi connectivity index (χ3v) is 6.14. The number of aromatic nitrogens is 1. The minimum Gasteiger partial charge on any atom is -0.343 e. The summed E-state index contributed by atoms with van der Waals surface area (Å²) in [5, 5.41) is 0. The van der Waals surface area contributed by atoms with Gasteiger partial charge in [0.05, 0.1) is 5.75 Å². The Labute approximate surface area is 138 Å². The summed E-state index contributed by atoms with van der Waals surface area (Å²) in [4.78, 5) is 18.1. The summed E-state index contributed by atoms with van der Waals surface area (Å²) in [6.07, 6.45) is 6.13. The number of carbonyl (C=O) groups is 1. The van der Waals surface area contributed by atoms with Crippen LogP contribution in [0.15, 0.2) is 24.5 Å². The molecule has 1 aliphatic rings. The van der Waals surface area contributed by atoms with Crippen molar-refractivity contribution in [2.24, 2.45) is 0 Å². The SMILES string of the molecule is CCN(CCc1ccncc1)C(=O)CCN1CCCCS1(=O)=O. The van der Waals surface area contributed by atoms with Crippen LogP contribution < -0.4 is 0 Å². The molecule has 6 nitrogen and oxygen atoms in total. The summed E-state index contributed by atoms with van der Waals surface area (Å²) >= 11 is 0. The second-order valence-electron chi connectivity index (χ2n) is 5.75. The first-order valence-corrected chi connectivity index (χ1v) is 9.78. The lowest BCUT2D eigenvalue weighted by Crippen LogP contribution is -2.41. The Morgan fingerprint density at radius 3 is 2.70 bits per heavy atom. The highest BCUT2D eigenvalue weighted by molar-refractivity contribution is 7.89. The predicted molar refractivity (Wildman–Crippen MR) is 89.4 cm³/mol. The van der Waals surface area contributed by atoms with E-state index in [4.69, 9.17) is 0 Å². The van der Waals surface area contributed by atoms with Crippen molar-refractivity contribution in [3.8, 4) is 0 Å². The molecule has 0 unspecified atom stereocenters. The number of amides is 1. The Balaban J connectivity index is 1.82. The minimum absolute atomic E-state index is 0.0160. The van der Waals surface area contributed by atoms with Crippen molar-refractivity contribution >= 4 is 15.9 Å². The van der Waals surface area contributed by atoms with Gasteiger partial charge in [0.1, 0.15) is 0 Å².